The molecular formula is C11H16BrN3O2. The third-order valence-corrected chi connectivity index (χ3v) is 3.51. The maximum Gasteiger partial charge on any atom is 0.162 e. The Kier molecular flexibility index (Phi) is 3.96. The summed E-state index contributed by atoms with van der Waals surface area (Å²) in [5.74, 6) is 1.10. The lowest BCUT2D eigenvalue weighted by Gasteiger charge is -2.35. The number of hydrogen-bond donors (Lipinski definition) is 1. The van der Waals surface area contributed by atoms with Crippen molar-refractivity contribution in [1.82, 2.24) is 9.97 Å². The first-order valence-corrected chi connectivity index (χ1v) is 6.47. The highest BCUT2D eigenvalue weighted by Gasteiger charge is 2.38. The van der Waals surface area contributed by atoms with Gasteiger partial charge < -0.3 is 15.2 Å². The fraction of sp³-hybridized carbons (Fsp3) is 0.636. The van der Waals surface area contributed by atoms with Gasteiger partial charge in [-0.3, -0.25) is 0 Å². The van der Waals surface area contributed by atoms with E-state index in [0.29, 0.717) is 35.9 Å². The number of hydrogen-bond acceptors (Lipinski definition) is 5. The Balaban J connectivity index is 2.34. The lowest BCUT2D eigenvalue weighted by molar-refractivity contribution is -0.117. The largest absolute Gasteiger partial charge is 0.383 e. The van der Waals surface area contributed by atoms with Gasteiger partial charge in [0.05, 0.1) is 4.47 Å². The van der Waals surface area contributed by atoms with Crippen molar-refractivity contribution in [2.45, 2.75) is 25.4 Å². The molecule has 0 aromatic carbocycles. The van der Waals surface area contributed by atoms with Crippen LogP contribution in [-0.2, 0) is 15.1 Å². The summed E-state index contributed by atoms with van der Waals surface area (Å²) in [7, 11) is 0. The molecule has 94 valence electrons. The molecule has 2 heterocycles. The van der Waals surface area contributed by atoms with Crippen LogP contribution in [0.4, 0.5) is 5.82 Å². The molecule has 0 amide bonds. The molecule has 0 aliphatic carbocycles. The number of aromatic nitrogens is 2. The summed E-state index contributed by atoms with van der Waals surface area (Å²) in [5, 5.41) is 0. The zero-order chi connectivity index (χ0) is 12.3. The van der Waals surface area contributed by atoms with Crippen molar-refractivity contribution in [3.05, 3.63) is 16.5 Å². The summed E-state index contributed by atoms with van der Waals surface area (Å²) in [6.07, 6.45) is 3.21. The van der Waals surface area contributed by atoms with Crippen molar-refractivity contribution in [1.29, 1.82) is 0 Å². The standard InChI is InChI=1S/C11H16BrN3O2/c1-2-17-11(3-5-16-6-4-11)10-14-7-8(12)9(13)15-10/h7H,2-6H2,1H3,(H2,13,14,15). The molecule has 1 aromatic heterocycles. The van der Waals surface area contributed by atoms with Crippen LogP contribution in [0.2, 0.25) is 0 Å². The van der Waals surface area contributed by atoms with E-state index in [1.807, 2.05) is 6.92 Å². The molecule has 1 aliphatic heterocycles. The molecule has 6 heteroatoms. The number of nitrogens with zero attached hydrogens (tertiary/aromatic N) is 2. The SMILES string of the molecule is CCOC1(c2ncc(Br)c(N)n2)CCOCC1. The van der Waals surface area contributed by atoms with Gasteiger partial charge in [0.15, 0.2) is 5.82 Å². The van der Waals surface area contributed by atoms with E-state index in [4.69, 9.17) is 15.2 Å². The van der Waals surface area contributed by atoms with Crippen molar-refractivity contribution in [2.75, 3.05) is 25.6 Å². The number of rotatable bonds is 3. The van der Waals surface area contributed by atoms with Crippen LogP contribution in [0.3, 0.4) is 0 Å². The first-order chi connectivity index (χ1) is 8.18. The average molecular weight is 302 g/mol. The fourth-order valence-corrected chi connectivity index (χ4v) is 2.20. The average Bonchev–Trinajstić information content (AvgIpc) is 2.34. The highest BCUT2D eigenvalue weighted by atomic mass is 79.9. The van der Waals surface area contributed by atoms with Gasteiger partial charge in [-0.1, -0.05) is 0 Å². The molecule has 0 saturated carbocycles. The smallest absolute Gasteiger partial charge is 0.162 e. The second-order valence-electron chi connectivity index (χ2n) is 3.97. The molecule has 2 N–H and O–H groups in total. The summed E-state index contributed by atoms with van der Waals surface area (Å²) in [4.78, 5) is 8.66. The Labute approximate surface area is 109 Å². The van der Waals surface area contributed by atoms with Gasteiger partial charge in [-0.05, 0) is 22.9 Å². The van der Waals surface area contributed by atoms with Crippen molar-refractivity contribution >= 4 is 21.7 Å². The maximum atomic E-state index is 5.88. The third-order valence-electron chi connectivity index (χ3n) is 2.90. The van der Waals surface area contributed by atoms with Gasteiger partial charge in [-0.2, -0.15) is 0 Å². The van der Waals surface area contributed by atoms with E-state index in [1.165, 1.54) is 0 Å². The van der Waals surface area contributed by atoms with E-state index in [2.05, 4.69) is 25.9 Å². The summed E-state index contributed by atoms with van der Waals surface area (Å²) in [6.45, 7) is 3.93. The quantitative estimate of drug-likeness (QED) is 0.923. The molecule has 1 aliphatic rings. The van der Waals surface area contributed by atoms with Crippen LogP contribution in [0.25, 0.3) is 0 Å². The van der Waals surface area contributed by atoms with Crippen LogP contribution < -0.4 is 5.73 Å². The van der Waals surface area contributed by atoms with E-state index >= 15 is 0 Å². The third kappa shape index (κ3) is 2.59. The zero-order valence-electron chi connectivity index (χ0n) is 9.78. The first-order valence-electron chi connectivity index (χ1n) is 5.68. The topological polar surface area (TPSA) is 70.3 Å². The van der Waals surface area contributed by atoms with Gasteiger partial charge in [-0.15, -0.1) is 0 Å². The fourth-order valence-electron chi connectivity index (χ4n) is 2.01. The minimum atomic E-state index is -0.443. The number of halogens is 1. The molecule has 0 unspecified atom stereocenters. The monoisotopic (exact) mass is 301 g/mol. The van der Waals surface area contributed by atoms with Crippen LogP contribution in [-0.4, -0.2) is 29.8 Å². The van der Waals surface area contributed by atoms with E-state index in [-0.39, 0.29) is 0 Å². The van der Waals surface area contributed by atoms with E-state index < -0.39 is 5.60 Å². The van der Waals surface area contributed by atoms with Crippen LogP contribution in [0.1, 0.15) is 25.6 Å². The van der Waals surface area contributed by atoms with Gasteiger partial charge in [0.1, 0.15) is 11.4 Å². The lowest BCUT2D eigenvalue weighted by atomic mass is 9.93. The predicted octanol–water partition coefficient (Wildman–Crippen LogP) is 1.86. The second-order valence-corrected chi connectivity index (χ2v) is 4.82. The molecule has 2 rings (SSSR count). The molecule has 0 bridgehead atoms. The highest BCUT2D eigenvalue weighted by molar-refractivity contribution is 9.10. The molecule has 0 atom stereocenters. The van der Waals surface area contributed by atoms with E-state index in [9.17, 15) is 0 Å². The van der Waals surface area contributed by atoms with Crippen molar-refractivity contribution in [2.24, 2.45) is 0 Å². The summed E-state index contributed by atoms with van der Waals surface area (Å²) >= 11 is 3.29. The normalized spacial score (nSPS) is 19.2. The minimum Gasteiger partial charge on any atom is -0.383 e. The van der Waals surface area contributed by atoms with Gasteiger partial charge in [0.2, 0.25) is 0 Å². The first kappa shape index (κ1) is 12.7. The number of nitrogen functional groups attached to an aromatic ring is 1. The molecule has 0 radical (unpaired) electrons. The summed E-state index contributed by atoms with van der Waals surface area (Å²) in [6, 6.07) is 0. The Bertz CT molecular complexity index is 389. The Hall–Kier alpha value is -0.720. The number of nitrogens with two attached hydrogens (primary N) is 1. The molecule has 1 saturated heterocycles. The summed E-state index contributed by atoms with van der Waals surface area (Å²) in [5.41, 5.74) is 5.35. The van der Waals surface area contributed by atoms with Crippen LogP contribution in [0.15, 0.2) is 10.7 Å². The second kappa shape index (κ2) is 5.29. The van der Waals surface area contributed by atoms with Crippen LogP contribution in [0, 0.1) is 0 Å². The Morgan fingerprint density at radius 2 is 2.24 bits per heavy atom. The number of ether oxygens (including phenoxy) is 2. The Morgan fingerprint density at radius 3 is 2.82 bits per heavy atom. The number of anilines is 1. The molecule has 1 fully saturated rings. The van der Waals surface area contributed by atoms with Crippen LogP contribution in [0.5, 0.6) is 0 Å². The highest BCUT2D eigenvalue weighted by Crippen LogP contribution is 2.34. The Morgan fingerprint density at radius 1 is 1.53 bits per heavy atom. The van der Waals surface area contributed by atoms with Gasteiger partial charge in [0, 0.05) is 38.9 Å². The molecule has 0 spiro atoms. The van der Waals surface area contributed by atoms with E-state index in [1.54, 1.807) is 6.20 Å². The van der Waals surface area contributed by atoms with Gasteiger partial charge >= 0.3 is 0 Å². The lowest BCUT2D eigenvalue weighted by Crippen LogP contribution is -2.38. The summed E-state index contributed by atoms with van der Waals surface area (Å²) < 4.78 is 12.0. The maximum absolute atomic E-state index is 5.88. The predicted molar refractivity (Wildman–Crippen MR) is 67.5 cm³/mol. The van der Waals surface area contributed by atoms with Gasteiger partial charge in [0.25, 0.3) is 0 Å². The zero-order valence-corrected chi connectivity index (χ0v) is 11.4. The minimum absolute atomic E-state index is 0.443. The molecular weight excluding hydrogens is 286 g/mol. The molecule has 1 aromatic rings. The van der Waals surface area contributed by atoms with Crippen molar-refractivity contribution in [3.63, 3.8) is 0 Å². The molecule has 5 nitrogen and oxygen atoms in total. The van der Waals surface area contributed by atoms with Crippen molar-refractivity contribution < 1.29 is 9.47 Å². The van der Waals surface area contributed by atoms with Crippen molar-refractivity contribution in [3.8, 4) is 0 Å². The van der Waals surface area contributed by atoms with Crippen LogP contribution >= 0.6 is 15.9 Å². The van der Waals surface area contributed by atoms with E-state index in [0.717, 1.165) is 12.8 Å². The molecule has 17 heavy (non-hydrogen) atoms. The van der Waals surface area contributed by atoms with Gasteiger partial charge in [-0.25, -0.2) is 9.97 Å².